The number of nitrogens with zero attached hydrogens (tertiary/aromatic N) is 1. The molecule has 0 spiro atoms. The van der Waals surface area contributed by atoms with E-state index in [2.05, 4.69) is 17.1 Å². The minimum Gasteiger partial charge on any atom is -0.507 e. The molecule has 2 aromatic carbocycles. The summed E-state index contributed by atoms with van der Waals surface area (Å²) >= 11 is 0. The zero-order valence-corrected chi connectivity index (χ0v) is 12.4. The second-order valence-electron chi connectivity index (χ2n) is 4.64. The third-order valence-electron chi connectivity index (χ3n) is 3.14. The molecule has 4 N–H and O–H groups in total. The lowest BCUT2D eigenvalue weighted by molar-refractivity contribution is -0.117. The quantitative estimate of drug-likeness (QED) is 0.343. The molecule has 1 amide bonds. The summed E-state index contributed by atoms with van der Waals surface area (Å²) < 4.78 is 0. The van der Waals surface area contributed by atoms with Gasteiger partial charge in [0.15, 0.2) is 0 Å². The van der Waals surface area contributed by atoms with Crippen LogP contribution in [-0.4, -0.2) is 17.2 Å². The third kappa shape index (κ3) is 3.85. The Morgan fingerprint density at radius 1 is 1.26 bits per heavy atom. The molecule has 0 unspecified atom stereocenters. The smallest absolute Gasteiger partial charge is 0.271 e. The van der Waals surface area contributed by atoms with Crippen LogP contribution in [0.15, 0.2) is 78.1 Å². The number of rotatable bonds is 5. The Kier molecular flexibility index (Phi) is 5.30. The fraction of sp³-hybridized carbons (Fsp3) is 0. The first kappa shape index (κ1) is 16.0. The van der Waals surface area contributed by atoms with E-state index < -0.39 is 5.91 Å². The van der Waals surface area contributed by atoms with Crippen LogP contribution < -0.4 is 11.2 Å². The molecule has 2 rings (SSSR count). The summed E-state index contributed by atoms with van der Waals surface area (Å²) in [6.45, 7) is 3.54. The maximum atomic E-state index is 12.0. The molecule has 0 radical (unpaired) electrons. The highest BCUT2D eigenvalue weighted by molar-refractivity contribution is 6.03. The summed E-state index contributed by atoms with van der Waals surface area (Å²) in [5, 5.41) is 15.7. The molecule has 23 heavy (non-hydrogen) atoms. The van der Waals surface area contributed by atoms with E-state index in [1.165, 1.54) is 30.6 Å². The van der Waals surface area contributed by atoms with Gasteiger partial charge in [-0.05, 0) is 35.2 Å². The van der Waals surface area contributed by atoms with Crippen molar-refractivity contribution in [2.24, 2.45) is 10.8 Å². The van der Waals surface area contributed by atoms with Crippen molar-refractivity contribution in [3.8, 4) is 5.75 Å². The summed E-state index contributed by atoms with van der Waals surface area (Å²) in [6.07, 6.45) is 7.11. The van der Waals surface area contributed by atoms with E-state index in [0.717, 1.165) is 10.8 Å². The summed E-state index contributed by atoms with van der Waals surface area (Å²) in [6, 6.07) is 11.0. The van der Waals surface area contributed by atoms with E-state index >= 15 is 0 Å². The summed E-state index contributed by atoms with van der Waals surface area (Å²) in [4.78, 5) is 12.0. The monoisotopic (exact) mass is 307 g/mol. The molecule has 5 nitrogen and oxygen atoms in total. The summed E-state index contributed by atoms with van der Waals surface area (Å²) in [5.41, 5.74) is 8.54. The molecule has 0 atom stereocenters. The van der Waals surface area contributed by atoms with Crippen LogP contribution in [0.3, 0.4) is 0 Å². The van der Waals surface area contributed by atoms with E-state index in [0.29, 0.717) is 11.1 Å². The Morgan fingerprint density at radius 3 is 2.78 bits per heavy atom. The van der Waals surface area contributed by atoms with Gasteiger partial charge >= 0.3 is 0 Å². The van der Waals surface area contributed by atoms with Gasteiger partial charge in [0.1, 0.15) is 5.75 Å². The Balaban J connectivity index is 2.24. The molecule has 5 heteroatoms. The maximum absolute atomic E-state index is 12.0. The maximum Gasteiger partial charge on any atom is 0.271 e. The van der Waals surface area contributed by atoms with Crippen molar-refractivity contribution in [2.45, 2.75) is 0 Å². The number of carbonyl (C=O) groups excluding carboxylic acids is 1. The van der Waals surface area contributed by atoms with Crippen LogP contribution in [0.5, 0.6) is 5.75 Å². The number of allylic oxidation sites excluding steroid dienone is 2. The van der Waals surface area contributed by atoms with Crippen molar-refractivity contribution < 1.29 is 9.90 Å². The molecular formula is C18H17N3O2. The van der Waals surface area contributed by atoms with Crippen molar-refractivity contribution in [3.63, 3.8) is 0 Å². The van der Waals surface area contributed by atoms with Crippen LogP contribution in [-0.2, 0) is 4.79 Å². The molecule has 116 valence electrons. The molecule has 0 saturated carbocycles. The molecule has 0 aliphatic carbocycles. The number of amides is 1. The van der Waals surface area contributed by atoms with Crippen molar-refractivity contribution in [3.05, 3.63) is 78.5 Å². The average molecular weight is 307 g/mol. The third-order valence-corrected chi connectivity index (χ3v) is 3.14. The predicted octanol–water partition coefficient (Wildman–Crippen LogP) is 2.58. The lowest BCUT2D eigenvalue weighted by Crippen LogP contribution is -2.19. The van der Waals surface area contributed by atoms with Gasteiger partial charge in [-0.3, -0.25) is 4.79 Å². The fourth-order valence-electron chi connectivity index (χ4n) is 2.08. The number of hydrogen-bond acceptors (Lipinski definition) is 4. The fourth-order valence-corrected chi connectivity index (χ4v) is 2.08. The first-order valence-electron chi connectivity index (χ1n) is 6.92. The van der Waals surface area contributed by atoms with Crippen molar-refractivity contribution in [1.29, 1.82) is 0 Å². The van der Waals surface area contributed by atoms with E-state index in [-0.39, 0.29) is 5.75 Å². The number of nitrogens with one attached hydrogen (secondary N) is 1. The summed E-state index contributed by atoms with van der Waals surface area (Å²) in [5.74, 6) is -0.340. The van der Waals surface area contributed by atoms with E-state index in [9.17, 15) is 9.90 Å². The van der Waals surface area contributed by atoms with Gasteiger partial charge in [0.05, 0.1) is 6.21 Å². The zero-order valence-electron chi connectivity index (χ0n) is 12.4. The molecule has 2 aromatic rings. The van der Waals surface area contributed by atoms with Gasteiger partial charge in [-0.1, -0.05) is 43.0 Å². The SMILES string of the molecule is C=C/C=C(\C=C/N)C(=O)N/N=C/c1c(O)ccc2ccccc12. The molecule has 0 aliphatic heterocycles. The molecule has 0 heterocycles. The van der Waals surface area contributed by atoms with Crippen molar-refractivity contribution in [1.82, 2.24) is 5.43 Å². The Morgan fingerprint density at radius 2 is 2.04 bits per heavy atom. The van der Waals surface area contributed by atoms with Gasteiger partial charge in [-0.15, -0.1) is 0 Å². The molecule has 0 aromatic heterocycles. The number of benzene rings is 2. The standard InChI is InChI=1S/C18H17N3O2/c1-2-5-14(10-11-19)18(23)21-20-12-16-15-7-4-3-6-13(15)8-9-17(16)22/h2-12,22H,1,19H2,(H,21,23)/b11-10-,14-5+,20-12+. The van der Waals surface area contributed by atoms with Crippen LogP contribution in [0, 0.1) is 0 Å². The van der Waals surface area contributed by atoms with Crippen LogP contribution in [0.1, 0.15) is 5.56 Å². The molecule has 0 fully saturated rings. The highest BCUT2D eigenvalue weighted by Crippen LogP contribution is 2.25. The predicted molar refractivity (Wildman–Crippen MR) is 93.0 cm³/mol. The minimum absolute atomic E-state index is 0.0883. The lowest BCUT2D eigenvalue weighted by Gasteiger charge is -2.05. The molecule has 0 aliphatic rings. The lowest BCUT2D eigenvalue weighted by atomic mass is 10.0. The minimum atomic E-state index is -0.428. The number of phenols is 1. The van der Waals surface area contributed by atoms with Crippen LogP contribution in [0.4, 0.5) is 0 Å². The highest BCUT2D eigenvalue weighted by Gasteiger charge is 2.06. The van der Waals surface area contributed by atoms with Crippen LogP contribution in [0.2, 0.25) is 0 Å². The molecular weight excluding hydrogens is 290 g/mol. The number of nitrogens with two attached hydrogens (primary N) is 1. The zero-order chi connectivity index (χ0) is 16.7. The van der Waals surface area contributed by atoms with Gasteiger partial charge in [-0.25, -0.2) is 5.43 Å². The van der Waals surface area contributed by atoms with Crippen molar-refractivity contribution in [2.75, 3.05) is 0 Å². The second kappa shape index (κ2) is 7.61. The Hall–Kier alpha value is -3.34. The molecule has 0 bridgehead atoms. The van der Waals surface area contributed by atoms with E-state index in [1.54, 1.807) is 6.07 Å². The van der Waals surface area contributed by atoms with Crippen LogP contribution in [0.25, 0.3) is 10.8 Å². The van der Waals surface area contributed by atoms with Crippen LogP contribution >= 0.6 is 0 Å². The van der Waals surface area contributed by atoms with Gasteiger partial charge in [0.2, 0.25) is 0 Å². The number of fused-ring (bicyclic) bond motifs is 1. The highest BCUT2D eigenvalue weighted by atomic mass is 16.3. The Labute approximate surface area is 134 Å². The second-order valence-corrected chi connectivity index (χ2v) is 4.64. The number of phenolic OH excluding ortho intramolecular Hbond substituents is 1. The van der Waals surface area contributed by atoms with Gasteiger partial charge in [-0.2, -0.15) is 5.10 Å². The first-order chi connectivity index (χ1) is 11.2. The number of aromatic hydroxyl groups is 1. The number of carbonyl (C=O) groups is 1. The van der Waals surface area contributed by atoms with Crippen molar-refractivity contribution >= 4 is 22.9 Å². The first-order valence-corrected chi connectivity index (χ1v) is 6.92. The normalized spacial score (nSPS) is 12.1. The van der Waals surface area contributed by atoms with Gasteiger partial charge in [0, 0.05) is 11.1 Å². The molecule has 0 saturated heterocycles. The number of hydrazone groups is 1. The van der Waals surface area contributed by atoms with E-state index in [4.69, 9.17) is 5.73 Å². The van der Waals surface area contributed by atoms with Gasteiger partial charge in [0.25, 0.3) is 5.91 Å². The average Bonchev–Trinajstić information content (AvgIpc) is 2.56. The van der Waals surface area contributed by atoms with E-state index in [1.807, 2.05) is 30.3 Å². The summed E-state index contributed by atoms with van der Waals surface area (Å²) in [7, 11) is 0. The Bertz CT molecular complexity index is 820. The number of hydrogen-bond donors (Lipinski definition) is 3. The topological polar surface area (TPSA) is 87.7 Å². The largest absolute Gasteiger partial charge is 0.507 e. The van der Waals surface area contributed by atoms with Gasteiger partial charge < -0.3 is 10.8 Å².